The van der Waals surface area contributed by atoms with Crippen LogP contribution in [0, 0.1) is 12.7 Å². The Bertz CT molecular complexity index is 1140. The number of nitrogens with zero attached hydrogens (tertiary/aromatic N) is 5. The number of rotatable bonds is 4. The van der Waals surface area contributed by atoms with Gasteiger partial charge < -0.3 is 9.80 Å². The number of benzene rings is 2. The molecule has 7 heteroatoms. The highest BCUT2D eigenvalue weighted by Crippen LogP contribution is 2.28. The van der Waals surface area contributed by atoms with E-state index in [4.69, 9.17) is 9.97 Å². The number of hydrogen-bond acceptors (Lipinski definition) is 5. The van der Waals surface area contributed by atoms with Gasteiger partial charge in [-0.3, -0.25) is 9.69 Å². The molecule has 3 heterocycles. The summed E-state index contributed by atoms with van der Waals surface area (Å²) in [6.07, 6.45) is 0.917. The third-order valence-corrected chi connectivity index (χ3v) is 6.42. The van der Waals surface area contributed by atoms with E-state index in [1.165, 1.54) is 23.3 Å². The molecule has 5 rings (SSSR count). The molecular formula is C26H28FN5O. The number of carbonyl (C=O) groups excluding carboxylic acids is 1. The monoisotopic (exact) mass is 445 g/mol. The number of carbonyl (C=O) groups is 1. The maximum atomic E-state index is 13.5. The zero-order valence-corrected chi connectivity index (χ0v) is 18.9. The number of amides is 1. The summed E-state index contributed by atoms with van der Waals surface area (Å²) < 4.78 is 13.5. The van der Waals surface area contributed by atoms with Crippen molar-refractivity contribution in [3.05, 3.63) is 88.6 Å². The van der Waals surface area contributed by atoms with Crippen molar-refractivity contribution in [2.75, 3.05) is 37.6 Å². The van der Waals surface area contributed by atoms with Crippen molar-refractivity contribution < 1.29 is 9.18 Å². The lowest BCUT2D eigenvalue weighted by Crippen LogP contribution is -2.49. The lowest BCUT2D eigenvalue weighted by molar-refractivity contribution is 0.0746. The second-order valence-electron chi connectivity index (χ2n) is 8.76. The highest BCUT2D eigenvalue weighted by molar-refractivity contribution is 5.94. The van der Waals surface area contributed by atoms with Gasteiger partial charge in [-0.1, -0.05) is 36.4 Å². The van der Waals surface area contributed by atoms with Crippen LogP contribution in [-0.4, -0.2) is 58.4 Å². The number of aryl methyl sites for hydroxylation is 1. The van der Waals surface area contributed by atoms with Crippen LogP contribution in [0.2, 0.25) is 0 Å². The van der Waals surface area contributed by atoms with Crippen molar-refractivity contribution in [3.8, 4) is 0 Å². The van der Waals surface area contributed by atoms with Gasteiger partial charge in [0.1, 0.15) is 17.5 Å². The first-order valence-electron chi connectivity index (χ1n) is 11.5. The lowest BCUT2D eigenvalue weighted by Gasteiger charge is -2.38. The molecule has 33 heavy (non-hydrogen) atoms. The summed E-state index contributed by atoms with van der Waals surface area (Å²) in [6.45, 7) is 7.25. The van der Waals surface area contributed by atoms with Crippen LogP contribution in [0.25, 0.3) is 0 Å². The Hall–Kier alpha value is -3.32. The number of aromatic nitrogens is 2. The second-order valence-corrected chi connectivity index (χ2v) is 8.76. The van der Waals surface area contributed by atoms with E-state index in [0.29, 0.717) is 31.7 Å². The molecule has 0 bridgehead atoms. The maximum Gasteiger partial charge on any atom is 0.254 e. The Kier molecular flexibility index (Phi) is 6.05. The zero-order valence-electron chi connectivity index (χ0n) is 18.9. The first-order valence-corrected chi connectivity index (χ1v) is 11.5. The number of halogens is 1. The highest BCUT2D eigenvalue weighted by atomic mass is 19.1. The van der Waals surface area contributed by atoms with Crippen LogP contribution in [0.15, 0.2) is 54.6 Å². The summed E-state index contributed by atoms with van der Waals surface area (Å²) in [6, 6.07) is 16.4. The minimum atomic E-state index is -0.385. The van der Waals surface area contributed by atoms with Crippen molar-refractivity contribution in [2.24, 2.45) is 0 Å². The minimum absolute atomic E-state index is 0.119. The van der Waals surface area contributed by atoms with E-state index in [1.807, 2.05) is 13.0 Å². The minimum Gasteiger partial charge on any atom is -0.353 e. The van der Waals surface area contributed by atoms with Gasteiger partial charge in [0.25, 0.3) is 5.91 Å². The van der Waals surface area contributed by atoms with Gasteiger partial charge in [-0.2, -0.15) is 0 Å². The molecule has 0 unspecified atom stereocenters. The normalized spacial score (nSPS) is 16.5. The standard InChI is InChI=1S/C26H28FN5O/c1-19-28-24-18-30(17-20-6-3-2-4-7-20)11-10-23(24)25(29-19)31-12-14-32(15-13-31)26(33)21-8-5-9-22(27)16-21/h2-9,16H,10-15,17-18H2,1H3. The average Bonchev–Trinajstić information content (AvgIpc) is 2.83. The quantitative estimate of drug-likeness (QED) is 0.616. The van der Waals surface area contributed by atoms with Gasteiger partial charge in [0.2, 0.25) is 0 Å². The van der Waals surface area contributed by atoms with E-state index in [2.05, 4.69) is 34.1 Å². The number of anilines is 1. The van der Waals surface area contributed by atoms with Crippen molar-refractivity contribution >= 4 is 11.7 Å². The smallest absolute Gasteiger partial charge is 0.254 e. The van der Waals surface area contributed by atoms with E-state index < -0.39 is 0 Å². The van der Waals surface area contributed by atoms with E-state index >= 15 is 0 Å². The van der Waals surface area contributed by atoms with Gasteiger partial charge in [0.05, 0.1) is 5.69 Å². The third kappa shape index (κ3) is 4.73. The summed E-state index contributed by atoms with van der Waals surface area (Å²) in [5.74, 6) is 1.29. The van der Waals surface area contributed by atoms with Crippen LogP contribution in [-0.2, 0) is 19.5 Å². The van der Waals surface area contributed by atoms with E-state index in [1.54, 1.807) is 17.0 Å². The van der Waals surface area contributed by atoms with Gasteiger partial charge in [0, 0.05) is 56.9 Å². The molecule has 2 aliphatic heterocycles. The van der Waals surface area contributed by atoms with E-state index in [0.717, 1.165) is 43.4 Å². The van der Waals surface area contributed by atoms with Crippen LogP contribution < -0.4 is 4.90 Å². The number of fused-ring (bicyclic) bond motifs is 1. The van der Waals surface area contributed by atoms with Crippen molar-refractivity contribution in [2.45, 2.75) is 26.4 Å². The Balaban J connectivity index is 1.28. The molecule has 0 radical (unpaired) electrons. The molecule has 1 saturated heterocycles. The molecule has 0 spiro atoms. The molecule has 0 N–H and O–H groups in total. The number of piperazine rings is 1. The van der Waals surface area contributed by atoms with Crippen LogP contribution in [0.5, 0.6) is 0 Å². The zero-order chi connectivity index (χ0) is 22.8. The van der Waals surface area contributed by atoms with Gasteiger partial charge in [-0.25, -0.2) is 14.4 Å². The Morgan fingerprint density at radius 1 is 0.970 bits per heavy atom. The average molecular weight is 446 g/mol. The summed E-state index contributed by atoms with van der Waals surface area (Å²) in [7, 11) is 0. The molecule has 2 aromatic carbocycles. The maximum absolute atomic E-state index is 13.5. The molecule has 0 atom stereocenters. The molecule has 0 saturated carbocycles. The van der Waals surface area contributed by atoms with Crippen LogP contribution in [0.1, 0.15) is 33.0 Å². The Labute approximate surface area is 193 Å². The molecule has 170 valence electrons. The molecule has 2 aliphatic rings. The molecule has 1 aromatic heterocycles. The van der Waals surface area contributed by atoms with Crippen molar-refractivity contribution in [3.63, 3.8) is 0 Å². The van der Waals surface area contributed by atoms with Gasteiger partial charge in [0.15, 0.2) is 0 Å². The van der Waals surface area contributed by atoms with E-state index in [-0.39, 0.29) is 11.7 Å². The molecule has 1 amide bonds. The van der Waals surface area contributed by atoms with Gasteiger partial charge >= 0.3 is 0 Å². The number of hydrogen-bond donors (Lipinski definition) is 0. The fraction of sp³-hybridized carbons (Fsp3) is 0.346. The highest BCUT2D eigenvalue weighted by Gasteiger charge is 2.28. The first kappa shape index (κ1) is 21.5. The SMILES string of the molecule is Cc1nc2c(c(N3CCN(C(=O)c4cccc(F)c4)CC3)n1)CCN(Cc1ccccc1)C2. The summed E-state index contributed by atoms with van der Waals surface area (Å²) in [5, 5.41) is 0. The van der Waals surface area contributed by atoms with Gasteiger partial charge in [-0.15, -0.1) is 0 Å². The predicted octanol–water partition coefficient (Wildman–Crippen LogP) is 3.44. The first-order chi connectivity index (χ1) is 16.1. The van der Waals surface area contributed by atoms with Gasteiger partial charge in [-0.05, 0) is 37.1 Å². The van der Waals surface area contributed by atoms with Crippen molar-refractivity contribution in [1.29, 1.82) is 0 Å². The third-order valence-electron chi connectivity index (χ3n) is 6.42. The summed E-state index contributed by atoms with van der Waals surface area (Å²) >= 11 is 0. The van der Waals surface area contributed by atoms with Crippen LogP contribution in [0.3, 0.4) is 0 Å². The molecule has 6 nitrogen and oxygen atoms in total. The lowest BCUT2D eigenvalue weighted by atomic mass is 10.0. The van der Waals surface area contributed by atoms with Crippen molar-refractivity contribution in [1.82, 2.24) is 19.8 Å². The molecule has 0 aliphatic carbocycles. The van der Waals surface area contributed by atoms with E-state index in [9.17, 15) is 9.18 Å². The summed E-state index contributed by atoms with van der Waals surface area (Å²) in [5.41, 5.74) is 4.05. The Morgan fingerprint density at radius 2 is 1.76 bits per heavy atom. The fourth-order valence-electron chi connectivity index (χ4n) is 4.75. The van der Waals surface area contributed by atoms with Crippen LogP contribution in [0.4, 0.5) is 10.2 Å². The largest absolute Gasteiger partial charge is 0.353 e. The summed E-state index contributed by atoms with van der Waals surface area (Å²) in [4.78, 5) is 28.9. The molecule has 1 fully saturated rings. The second kappa shape index (κ2) is 9.27. The molecular weight excluding hydrogens is 417 g/mol. The molecule has 3 aromatic rings. The van der Waals surface area contributed by atoms with Crippen LogP contribution >= 0.6 is 0 Å². The predicted molar refractivity (Wildman–Crippen MR) is 126 cm³/mol. The Morgan fingerprint density at radius 3 is 2.52 bits per heavy atom. The fourth-order valence-corrected chi connectivity index (χ4v) is 4.75. The topological polar surface area (TPSA) is 52.6 Å².